The highest BCUT2D eigenvalue weighted by molar-refractivity contribution is 7.14. The van der Waals surface area contributed by atoms with Gasteiger partial charge in [0.1, 0.15) is 5.76 Å². The summed E-state index contributed by atoms with van der Waals surface area (Å²) in [5.41, 5.74) is -0.00829. The quantitative estimate of drug-likeness (QED) is 0.782. The molecule has 2 aromatic rings. The number of aliphatic hydroxyl groups is 1. The Balaban J connectivity index is 1.91. The van der Waals surface area contributed by atoms with Crippen LogP contribution in [0.1, 0.15) is 37.3 Å². The summed E-state index contributed by atoms with van der Waals surface area (Å²) in [6.07, 6.45) is 3.85. The minimum Gasteiger partial charge on any atom is -0.459 e. The Morgan fingerprint density at radius 1 is 1.33 bits per heavy atom. The van der Waals surface area contributed by atoms with E-state index in [0.717, 1.165) is 42.5 Å². The predicted molar refractivity (Wildman–Crippen MR) is 86.4 cm³/mol. The van der Waals surface area contributed by atoms with Crippen molar-refractivity contribution in [1.82, 2.24) is 10.3 Å². The molecule has 2 aromatic heterocycles. The van der Waals surface area contributed by atoms with Gasteiger partial charge in [-0.15, -0.1) is 11.3 Å². The molecule has 0 atom stereocenters. The fourth-order valence-electron chi connectivity index (χ4n) is 2.28. The smallest absolute Gasteiger partial charge is 0.162 e. The number of hydrogen-bond acceptors (Lipinski definition) is 5. The fourth-order valence-corrected chi connectivity index (χ4v) is 3.13. The van der Waals surface area contributed by atoms with Crippen LogP contribution in [-0.2, 0) is 6.54 Å². The van der Waals surface area contributed by atoms with Crippen molar-refractivity contribution in [3.63, 3.8) is 0 Å². The number of aliphatic hydroxyl groups excluding tert-OH is 1. The van der Waals surface area contributed by atoms with Gasteiger partial charge in [-0.05, 0) is 31.9 Å². The molecule has 0 unspecified atom stereocenters. The molecule has 0 aliphatic rings. The Kier molecular flexibility index (Phi) is 5.56. The highest BCUT2D eigenvalue weighted by Gasteiger charge is 2.24. The molecule has 5 heteroatoms. The maximum atomic E-state index is 9.57. The number of nitrogens with one attached hydrogen (secondary N) is 1. The second kappa shape index (κ2) is 7.20. The molecule has 0 radical (unpaired) electrons. The first-order valence-electron chi connectivity index (χ1n) is 7.45. The van der Waals surface area contributed by atoms with Crippen LogP contribution >= 0.6 is 11.3 Å². The Bertz CT molecular complexity index is 550. The molecule has 116 valence electrons. The van der Waals surface area contributed by atoms with Gasteiger partial charge in [-0.25, -0.2) is 4.98 Å². The lowest BCUT2D eigenvalue weighted by atomic mass is 9.83. The first-order valence-corrected chi connectivity index (χ1v) is 8.27. The number of furan rings is 1. The van der Waals surface area contributed by atoms with Crippen molar-refractivity contribution in [3.05, 3.63) is 29.0 Å². The molecule has 21 heavy (non-hydrogen) atoms. The van der Waals surface area contributed by atoms with Gasteiger partial charge in [0.25, 0.3) is 0 Å². The molecule has 2 rings (SSSR count). The Labute approximate surface area is 130 Å². The third-order valence-electron chi connectivity index (χ3n) is 4.14. The first kappa shape index (κ1) is 16.2. The summed E-state index contributed by atoms with van der Waals surface area (Å²) in [6, 6.07) is 3.91. The summed E-state index contributed by atoms with van der Waals surface area (Å²) < 4.78 is 5.59. The monoisotopic (exact) mass is 308 g/mol. The number of aromatic nitrogens is 1. The molecule has 0 fully saturated rings. The lowest BCUT2D eigenvalue weighted by Gasteiger charge is -2.29. The van der Waals surface area contributed by atoms with E-state index in [4.69, 9.17) is 4.42 Å². The zero-order valence-corrected chi connectivity index (χ0v) is 13.8. The molecule has 2 N–H and O–H groups in total. The van der Waals surface area contributed by atoms with Crippen LogP contribution in [0.4, 0.5) is 0 Å². The zero-order chi connectivity index (χ0) is 15.3. The van der Waals surface area contributed by atoms with E-state index in [1.54, 1.807) is 11.3 Å². The van der Waals surface area contributed by atoms with Gasteiger partial charge in [0, 0.05) is 36.2 Å². The molecular weight excluding hydrogens is 284 g/mol. The van der Waals surface area contributed by atoms with Crippen molar-refractivity contribution in [1.29, 1.82) is 0 Å². The lowest BCUT2D eigenvalue weighted by Crippen LogP contribution is -2.36. The molecule has 0 aromatic carbocycles. The second-order valence-electron chi connectivity index (χ2n) is 5.51. The van der Waals surface area contributed by atoms with Gasteiger partial charge in [-0.1, -0.05) is 13.8 Å². The molecule has 2 heterocycles. The Morgan fingerprint density at radius 2 is 2.10 bits per heavy atom. The largest absolute Gasteiger partial charge is 0.459 e. The van der Waals surface area contributed by atoms with Crippen molar-refractivity contribution >= 4 is 11.3 Å². The van der Waals surface area contributed by atoms with Crippen LogP contribution in [0.3, 0.4) is 0 Å². The number of aryl methyl sites for hydroxylation is 1. The molecular formula is C16H24N2O2S. The molecule has 0 amide bonds. The van der Waals surface area contributed by atoms with E-state index in [2.05, 4.69) is 24.1 Å². The van der Waals surface area contributed by atoms with E-state index >= 15 is 0 Å². The Morgan fingerprint density at radius 3 is 2.67 bits per heavy atom. The second-order valence-corrected chi connectivity index (χ2v) is 6.63. The fraction of sp³-hybridized carbons (Fsp3) is 0.562. The summed E-state index contributed by atoms with van der Waals surface area (Å²) in [5, 5.41) is 13.9. The van der Waals surface area contributed by atoms with E-state index < -0.39 is 0 Å². The van der Waals surface area contributed by atoms with Crippen molar-refractivity contribution < 1.29 is 9.52 Å². The van der Waals surface area contributed by atoms with E-state index in [9.17, 15) is 5.11 Å². The summed E-state index contributed by atoms with van der Waals surface area (Å²) in [4.78, 5) is 5.59. The van der Waals surface area contributed by atoms with Crippen LogP contribution in [0.25, 0.3) is 10.8 Å². The molecule has 0 aliphatic heterocycles. The van der Waals surface area contributed by atoms with Gasteiger partial charge in [0.05, 0.1) is 0 Å². The van der Waals surface area contributed by atoms with Gasteiger partial charge in [-0.3, -0.25) is 0 Å². The van der Waals surface area contributed by atoms with Crippen molar-refractivity contribution in [3.8, 4) is 10.8 Å². The van der Waals surface area contributed by atoms with E-state index in [1.807, 2.05) is 25.3 Å². The third kappa shape index (κ3) is 3.93. The van der Waals surface area contributed by atoms with Gasteiger partial charge in [0.15, 0.2) is 10.8 Å². The lowest BCUT2D eigenvalue weighted by molar-refractivity contribution is 0.113. The van der Waals surface area contributed by atoms with Crippen LogP contribution in [0, 0.1) is 12.3 Å². The highest BCUT2D eigenvalue weighted by atomic mass is 32.1. The first-order chi connectivity index (χ1) is 10.1. The van der Waals surface area contributed by atoms with E-state index in [1.165, 1.54) is 4.88 Å². The number of thiazole rings is 1. The van der Waals surface area contributed by atoms with Gasteiger partial charge >= 0.3 is 0 Å². The average Bonchev–Trinajstić information content (AvgIpc) is 3.13. The normalized spacial score (nSPS) is 12.0. The number of rotatable bonds is 8. The number of nitrogens with zero attached hydrogens (tertiary/aromatic N) is 1. The van der Waals surface area contributed by atoms with Crippen molar-refractivity contribution in [2.24, 2.45) is 5.41 Å². The zero-order valence-electron chi connectivity index (χ0n) is 13.0. The van der Waals surface area contributed by atoms with Gasteiger partial charge < -0.3 is 14.8 Å². The highest BCUT2D eigenvalue weighted by Crippen LogP contribution is 2.27. The van der Waals surface area contributed by atoms with Crippen LogP contribution in [0.5, 0.6) is 0 Å². The van der Waals surface area contributed by atoms with Crippen molar-refractivity contribution in [2.75, 3.05) is 13.2 Å². The topological polar surface area (TPSA) is 58.3 Å². The average molecular weight is 308 g/mol. The molecule has 0 saturated carbocycles. The number of hydrogen-bond donors (Lipinski definition) is 2. The molecule has 0 saturated heterocycles. The molecule has 0 bridgehead atoms. The minimum atomic E-state index is -0.00829. The molecule has 0 aliphatic carbocycles. The van der Waals surface area contributed by atoms with Gasteiger partial charge in [0.2, 0.25) is 0 Å². The third-order valence-corrected chi connectivity index (χ3v) is 5.15. The standard InChI is InChI=1S/C16H24N2O2S/c1-4-16(5-2,11-19)10-17-8-13-9-18-15(21-13)14-7-6-12(3)20-14/h6-7,9,17,19H,4-5,8,10-11H2,1-3H3. The maximum absolute atomic E-state index is 9.57. The maximum Gasteiger partial charge on any atom is 0.162 e. The van der Waals surface area contributed by atoms with Crippen LogP contribution in [0.2, 0.25) is 0 Å². The summed E-state index contributed by atoms with van der Waals surface area (Å²) in [5.74, 6) is 1.73. The predicted octanol–water partition coefficient (Wildman–Crippen LogP) is 3.60. The summed E-state index contributed by atoms with van der Waals surface area (Å²) in [6.45, 7) is 8.02. The van der Waals surface area contributed by atoms with Crippen LogP contribution in [0.15, 0.2) is 22.7 Å². The SMILES string of the molecule is CCC(CC)(CO)CNCc1cnc(-c2ccc(C)o2)s1. The van der Waals surface area contributed by atoms with Crippen molar-refractivity contribution in [2.45, 2.75) is 40.2 Å². The minimum absolute atomic E-state index is 0.00829. The van der Waals surface area contributed by atoms with Crippen LogP contribution < -0.4 is 5.32 Å². The summed E-state index contributed by atoms with van der Waals surface area (Å²) in [7, 11) is 0. The van der Waals surface area contributed by atoms with E-state index in [-0.39, 0.29) is 12.0 Å². The summed E-state index contributed by atoms with van der Waals surface area (Å²) >= 11 is 1.64. The Hall–Kier alpha value is -1.17. The molecule has 4 nitrogen and oxygen atoms in total. The van der Waals surface area contributed by atoms with Gasteiger partial charge in [-0.2, -0.15) is 0 Å². The van der Waals surface area contributed by atoms with Crippen LogP contribution in [-0.4, -0.2) is 23.2 Å². The van der Waals surface area contributed by atoms with E-state index in [0.29, 0.717) is 0 Å². The molecule has 0 spiro atoms.